The number of hydrogen-bond acceptors (Lipinski definition) is 6. The number of ether oxygens (including phenoxy) is 2. The van der Waals surface area contributed by atoms with Gasteiger partial charge in [-0.25, -0.2) is 0 Å². The molecule has 5 heterocycles. The maximum absolute atomic E-state index is 12.7. The minimum Gasteiger partial charge on any atom is -0.447 e. The highest BCUT2D eigenvalue weighted by Gasteiger charge is 2.34. The fourth-order valence-electron chi connectivity index (χ4n) is 4.52. The van der Waals surface area contributed by atoms with Gasteiger partial charge in [-0.15, -0.1) is 11.3 Å². The summed E-state index contributed by atoms with van der Waals surface area (Å²) in [7, 11) is 0. The molecule has 0 radical (unpaired) electrons. The number of piperidine rings is 3. The number of hydrogen-bond donors (Lipinski definition) is 1. The van der Waals surface area contributed by atoms with Crippen molar-refractivity contribution >= 4 is 22.9 Å². The van der Waals surface area contributed by atoms with Crippen molar-refractivity contribution in [3.8, 4) is 10.8 Å². The summed E-state index contributed by atoms with van der Waals surface area (Å²) in [5, 5.41) is 6.22. The molecule has 4 aliphatic rings. The summed E-state index contributed by atoms with van der Waals surface area (Å²) in [4.78, 5) is 17.4. The van der Waals surface area contributed by atoms with Gasteiger partial charge in [0.2, 0.25) is 0 Å². The molecule has 0 aliphatic carbocycles. The van der Waals surface area contributed by atoms with E-state index in [0.717, 1.165) is 43.7 Å². The van der Waals surface area contributed by atoms with Crippen LogP contribution >= 0.6 is 11.3 Å². The molecule has 6 rings (SSSR count). The van der Waals surface area contributed by atoms with Gasteiger partial charge in [-0.3, -0.25) is 4.79 Å². The molecule has 1 aromatic carbocycles. The third kappa shape index (κ3) is 4.27. The van der Waals surface area contributed by atoms with Crippen molar-refractivity contribution < 1.29 is 14.3 Å². The first kappa shape index (κ1) is 18.9. The van der Waals surface area contributed by atoms with Gasteiger partial charge in [-0.1, -0.05) is 0 Å². The van der Waals surface area contributed by atoms with E-state index in [4.69, 9.17) is 9.47 Å². The second kappa shape index (κ2) is 8.34. The Morgan fingerprint density at radius 2 is 1.86 bits per heavy atom. The van der Waals surface area contributed by atoms with Crippen LogP contribution in [0.2, 0.25) is 0 Å². The smallest absolute Gasteiger partial charge is 0.251 e. The molecule has 1 unspecified atom stereocenters. The van der Waals surface area contributed by atoms with Crippen LogP contribution in [0, 0.1) is 5.92 Å². The van der Waals surface area contributed by atoms with E-state index in [1.54, 1.807) is 11.3 Å². The number of amides is 1. The van der Waals surface area contributed by atoms with Crippen molar-refractivity contribution in [2.45, 2.75) is 18.9 Å². The van der Waals surface area contributed by atoms with Gasteiger partial charge in [0.15, 0.2) is 5.06 Å². The molecule has 2 aromatic rings. The van der Waals surface area contributed by atoms with Crippen molar-refractivity contribution in [1.29, 1.82) is 0 Å². The molecular formula is C22H27N3O3S. The molecule has 4 saturated heterocycles. The van der Waals surface area contributed by atoms with Crippen molar-refractivity contribution in [3.05, 3.63) is 41.3 Å². The third-order valence-corrected chi connectivity index (χ3v) is 7.04. The molecule has 1 N–H and O–H groups in total. The summed E-state index contributed by atoms with van der Waals surface area (Å²) in [6, 6.07) is 9.81. The van der Waals surface area contributed by atoms with Crippen LogP contribution in [0.25, 0.3) is 0 Å². The topological polar surface area (TPSA) is 54.0 Å². The summed E-state index contributed by atoms with van der Waals surface area (Å²) in [6.07, 6.45) is 2.40. The monoisotopic (exact) mass is 413 g/mol. The average Bonchev–Trinajstić information content (AvgIpc) is 3.24. The van der Waals surface area contributed by atoms with Gasteiger partial charge in [-0.2, -0.15) is 0 Å². The zero-order chi connectivity index (χ0) is 19.6. The van der Waals surface area contributed by atoms with E-state index in [-0.39, 0.29) is 11.9 Å². The van der Waals surface area contributed by atoms with Gasteiger partial charge in [0.25, 0.3) is 5.91 Å². The Bertz CT molecular complexity index is 839. The largest absolute Gasteiger partial charge is 0.447 e. The minimum atomic E-state index is 0.0148. The number of benzene rings is 1. The van der Waals surface area contributed by atoms with E-state index >= 15 is 0 Å². The number of morpholine rings is 1. The Kier molecular flexibility index (Phi) is 5.44. The minimum absolute atomic E-state index is 0.0148. The number of nitrogens with one attached hydrogen (secondary N) is 1. The first-order valence-corrected chi connectivity index (χ1v) is 11.3. The van der Waals surface area contributed by atoms with Crippen LogP contribution in [0.15, 0.2) is 35.7 Å². The van der Waals surface area contributed by atoms with Crippen LogP contribution in [0.5, 0.6) is 10.8 Å². The number of rotatable bonds is 5. The predicted molar refractivity (Wildman–Crippen MR) is 114 cm³/mol. The molecular weight excluding hydrogens is 386 g/mol. The van der Waals surface area contributed by atoms with Gasteiger partial charge in [0.05, 0.1) is 18.9 Å². The van der Waals surface area contributed by atoms with Gasteiger partial charge in [-0.05, 0) is 56.1 Å². The quantitative estimate of drug-likeness (QED) is 0.816. The summed E-state index contributed by atoms with van der Waals surface area (Å²) in [5.74, 6) is 1.40. The summed E-state index contributed by atoms with van der Waals surface area (Å²) in [6.45, 7) is 6.73. The number of carbonyl (C=O) groups is 1. The van der Waals surface area contributed by atoms with Crippen molar-refractivity contribution in [2.24, 2.45) is 5.92 Å². The molecule has 4 fully saturated rings. The van der Waals surface area contributed by atoms with E-state index in [1.807, 2.05) is 24.3 Å². The maximum atomic E-state index is 12.7. The van der Waals surface area contributed by atoms with E-state index in [0.29, 0.717) is 11.5 Å². The molecule has 0 saturated carbocycles. The van der Waals surface area contributed by atoms with Gasteiger partial charge >= 0.3 is 0 Å². The molecule has 1 amide bonds. The Labute approximate surface area is 175 Å². The van der Waals surface area contributed by atoms with Gasteiger partial charge < -0.3 is 24.6 Å². The molecule has 2 bridgehead atoms. The van der Waals surface area contributed by atoms with E-state index in [9.17, 15) is 4.79 Å². The van der Waals surface area contributed by atoms with Crippen LogP contribution in [0.3, 0.4) is 0 Å². The second-order valence-electron chi connectivity index (χ2n) is 8.07. The number of anilines is 1. The van der Waals surface area contributed by atoms with Gasteiger partial charge in [0, 0.05) is 42.7 Å². The Balaban J connectivity index is 1.18. The molecule has 154 valence electrons. The zero-order valence-corrected chi connectivity index (χ0v) is 17.3. The maximum Gasteiger partial charge on any atom is 0.251 e. The van der Waals surface area contributed by atoms with Crippen LogP contribution < -0.4 is 15.0 Å². The Morgan fingerprint density at radius 1 is 1.10 bits per heavy atom. The highest BCUT2D eigenvalue weighted by molar-refractivity contribution is 7.12. The molecule has 1 aromatic heterocycles. The number of nitrogens with zero attached hydrogens (tertiary/aromatic N) is 2. The fraction of sp³-hybridized carbons (Fsp3) is 0.500. The van der Waals surface area contributed by atoms with Crippen molar-refractivity contribution in [2.75, 3.05) is 50.8 Å². The molecule has 6 nitrogen and oxygen atoms in total. The number of carbonyl (C=O) groups excluding carboxylic acids is 1. The van der Waals surface area contributed by atoms with Crippen LogP contribution in [-0.2, 0) is 4.74 Å². The molecule has 7 heteroatoms. The van der Waals surface area contributed by atoms with Crippen LogP contribution in [0.4, 0.5) is 5.69 Å². The van der Waals surface area contributed by atoms with E-state index in [1.165, 1.54) is 31.6 Å². The Hall–Kier alpha value is -2.09. The van der Waals surface area contributed by atoms with E-state index in [2.05, 4.69) is 26.6 Å². The zero-order valence-electron chi connectivity index (χ0n) is 16.5. The highest BCUT2D eigenvalue weighted by atomic mass is 32.1. The third-order valence-electron chi connectivity index (χ3n) is 6.25. The predicted octanol–water partition coefficient (Wildman–Crippen LogP) is 3.20. The summed E-state index contributed by atoms with van der Waals surface area (Å²) in [5.41, 5.74) is 1.87. The van der Waals surface area contributed by atoms with E-state index < -0.39 is 0 Å². The normalized spacial score (nSPS) is 26.3. The lowest BCUT2D eigenvalue weighted by molar-refractivity contribution is 0.0620. The van der Waals surface area contributed by atoms with Gasteiger partial charge in [0.1, 0.15) is 5.75 Å². The number of thiophene rings is 1. The lowest BCUT2D eigenvalue weighted by Gasteiger charge is -2.44. The fourth-order valence-corrected chi connectivity index (χ4v) is 5.31. The molecule has 1 atom stereocenters. The summed E-state index contributed by atoms with van der Waals surface area (Å²) >= 11 is 1.59. The summed E-state index contributed by atoms with van der Waals surface area (Å²) < 4.78 is 11.4. The van der Waals surface area contributed by atoms with Crippen LogP contribution in [0.1, 0.15) is 23.2 Å². The number of fused-ring (bicyclic) bond motifs is 3. The first-order chi connectivity index (χ1) is 14.2. The lowest BCUT2D eigenvalue weighted by atomic mass is 9.84. The SMILES string of the molecule is O=C(NC1CN2CCC1CC2)c1ccc(Oc2cc(N3CCOCC3)cs2)cc1. The molecule has 0 spiro atoms. The Morgan fingerprint density at radius 3 is 2.55 bits per heavy atom. The molecule has 29 heavy (non-hydrogen) atoms. The second-order valence-corrected chi connectivity index (χ2v) is 8.94. The highest BCUT2D eigenvalue weighted by Crippen LogP contribution is 2.33. The van der Waals surface area contributed by atoms with Crippen molar-refractivity contribution in [3.63, 3.8) is 0 Å². The van der Waals surface area contributed by atoms with Crippen molar-refractivity contribution in [1.82, 2.24) is 10.2 Å². The lowest BCUT2D eigenvalue weighted by Crippen LogP contribution is -2.57. The standard InChI is InChI=1S/C22H27N3O3S/c26-22(23-20-14-24-7-5-16(20)6-8-24)17-1-3-19(4-2-17)28-21-13-18(15-29-21)25-9-11-27-12-10-25/h1-4,13,15-16,20H,5-12,14H2,(H,23,26). The first-order valence-electron chi connectivity index (χ1n) is 10.5. The average molecular weight is 414 g/mol. The van der Waals surface area contributed by atoms with Crippen LogP contribution in [-0.4, -0.2) is 62.8 Å². The molecule has 4 aliphatic heterocycles.